The first-order valence-corrected chi connectivity index (χ1v) is 9.27. The zero-order valence-corrected chi connectivity index (χ0v) is 14.8. The Kier molecular flexibility index (Phi) is 7.54. The number of ether oxygens (including phenoxy) is 2. The molecule has 1 N–H and O–H groups in total. The van der Waals surface area contributed by atoms with Crippen LogP contribution in [0.3, 0.4) is 0 Å². The second kappa shape index (κ2) is 9.41. The van der Waals surface area contributed by atoms with Crippen molar-refractivity contribution in [2.75, 3.05) is 32.8 Å². The van der Waals surface area contributed by atoms with E-state index in [1.54, 1.807) is 0 Å². The zero-order chi connectivity index (χ0) is 17.4. The number of aliphatic hydroxyl groups excluding tert-OH is 1. The van der Waals surface area contributed by atoms with Gasteiger partial charge in [-0.2, -0.15) is 0 Å². The van der Waals surface area contributed by atoms with Crippen molar-refractivity contribution in [3.05, 3.63) is 0 Å². The number of aliphatic hydroxyl groups is 1. The minimum atomic E-state index is -0.545. The highest BCUT2D eigenvalue weighted by Crippen LogP contribution is 2.31. The van der Waals surface area contributed by atoms with Gasteiger partial charge in [0.25, 0.3) is 0 Å². The van der Waals surface area contributed by atoms with Crippen molar-refractivity contribution < 1.29 is 19.4 Å². The Morgan fingerprint density at radius 1 is 1.33 bits per heavy atom. The van der Waals surface area contributed by atoms with Crippen LogP contribution < -0.4 is 0 Å². The van der Waals surface area contributed by atoms with E-state index in [-0.39, 0.29) is 18.5 Å². The van der Waals surface area contributed by atoms with E-state index in [0.717, 1.165) is 51.6 Å². The Labute approximate surface area is 145 Å². The first kappa shape index (κ1) is 19.2. The van der Waals surface area contributed by atoms with Crippen molar-refractivity contribution in [3.8, 4) is 12.3 Å². The Morgan fingerprint density at radius 2 is 2.00 bits per heavy atom. The van der Waals surface area contributed by atoms with E-state index in [4.69, 9.17) is 15.9 Å². The van der Waals surface area contributed by atoms with Gasteiger partial charge in [-0.15, -0.1) is 6.42 Å². The van der Waals surface area contributed by atoms with E-state index in [9.17, 15) is 9.90 Å². The maximum absolute atomic E-state index is 11.7. The zero-order valence-electron chi connectivity index (χ0n) is 14.8. The van der Waals surface area contributed by atoms with Gasteiger partial charge in [0.15, 0.2) is 0 Å². The van der Waals surface area contributed by atoms with Crippen LogP contribution in [0.4, 0.5) is 0 Å². The van der Waals surface area contributed by atoms with E-state index < -0.39 is 11.7 Å². The summed E-state index contributed by atoms with van der Waals surface area (Å²) >= 11 is 0. The van der Waals surface area contributed by atoms with Crippen molar-refractivity contribution in [2.24, 2.45) is 5.92 Å². The summed E-state index contributed by atoms with van der Waals surface area (Å²) in [5, 5.41) is 10.3. The van der Waals surface area contributed by atoms with Gasteiger partial charge in [-0.1, -0.05) is 12.3 Å². The molecule has 0 aromatic carbocycles. The van der Waals surface area contributed by atoms with Crippen LogP contribution in [0.15, 0.2) is 0 Å². The molecule has 1 unspecified atom stereocenters. The van der Waals surface area contributed by atoms with Crippen LogP contribution in [0.5, 0.6) is 0 Å². The second-order valence-corrected chi connectivity index (χ2v) is 6.99. The number of likely N-dealkylation sites (tertiary alicyclic amines) is 1. The molecule has 0 aromatic rings. The number of β-amino-alcohol motifs (C(OH)–C–C–N with tert-alkyl or cyclic N) is 1. The lowest BCUT2D eigenvalue weighted by Crippen LogP contribution is -2.43. The molecule has 1 atom stereocenters. The molecule has 1 saturated carbocycles. The summed E-state index contributed by atoms with van der Waals surface area (Å²) in [5.41, 5.74) is -0.476. The lowest BCUT2D eigenvalue weighted by Gasteiger charge is -2.35. The molecule has 2 aliphatic rings. The van der Waals surface area contributed by atoms with Crippen LogP contribution in [0, 0.1) is 18.3 Å². The van der Waals surface area contributed by atoms with E-state index in [1.165, 1.54) is 6.42 Å². The fourth-order valence-electron chi connectivity index (χ4n) is 3.67. The largest absolute Gasteiger partial charge is 0.466 e. The molecule has 1 aliphatic heterocycles. The van der Waals surface area contributed by atoms with E-state index in [2.05, 4.69) is 10.8 Å². The molecule has 1 saturated heterocycles. The Morgan fingerprint density at radius 3 is 2.58 bits per heavy atom. The molecule has 0 spiro atoms. The van der Waals surface area contributed by atoms with Crippen molar-refractivity contribution >= 4 is 5.97 Å². The minimum Gasteiger partial charge on any atom is -0.466 e. The van der Waals surface area contributed by atoms with Gasteiger partial charge in [-0.3, -0.25) is 4.79 Å². The van der Waals surface area contributed by atoms with Crippen LogP contribution in [0.2, 0.25) is 0 Å². The third-order valence-electron chi connectivity index (χ3n) is 5.15. The van der Waals surface area contributed by atoms with Gasteiger partial charge >= 0.3 is 5.97 Å². The third-order valence-corrected chi connectivity index (χ3v) is 5.15. The average molecular weight is 337 g/mol. The quantitative estimate of drug-likeness (QED) is 0.569. The van der Waals surface area contributed by atoms with Gasteiger partial charge in [0.1, 0.15) is 5.60 Å². The molecule has 5 nitrogen and oxygen atoms in total. The number of piperidine rings is 1. The van der Waals surface area contributed by atoms with Gasteiger partial charge in [-0.05, 0) is 58.5 Å². The number of hydrogen-bond acceptors (Lipinski definition) is 5. The lowest BCUT2D eigenvalue weighted by molar-refractivity contribution is -0.149. The highest BCUT2D eigenvalue weighted by molar-refractivity contribution is 5.72. The summed E-state index contributed by atoms with van der Waals surface area (Å²) in [6.45, 7) is 4.73. The van der Waals surface area contributed by atoms with Gasteiger partial charge in [-0.25, -0.2) is 0 Å². The number of nitrogens with zero attached hydrogens (tertiary/aromatic N) is 1. The van der Waals surface area contributed by atoms with Gasteiger partial charge in [0.2, 0.25) is 0 Å². The van der Waals surface area contributed by atoms with Crippen LogP contribution in [0.25, 0.3) is 0 Å². The molecule has 0 amide bonds. The third kappa shape index (κ3) is 5.47. The molecular formula is C19H31NO4. The minimum absolute atomic E-state index is 0.00143. The number of terminal acetylenes is 1. The van der Waals surface area contributed by atoms with Gasteiger partial charge < -0.3 is 19.5 Å². The number of rotatable bonds is 7. The molecule has 0 radical (unpaired) electrons. The molecule has 0 bridgehead atoms. The first-order valence-electron chi connectivity index (χ1n) is 9.27. The fraction of sp³-hybridized carbons (Fsp3) is 0.842. The van der Waals surface area contributed by atoms with E-state index in [0.29, 0.717) is 13.2 Å². The fourth-order valence-corrected chi connectivity index (χ4v) is 3.67. The number of hydrogen-bond donors (Lipinski definition) is 1. The van der Waals surface area contributed by atoms with Crippen molar-refractivity contribution in [1.82, 2.24) is 4.90 Å². The summed E-state index contributed by atoms with van der Waals surface area (Å²) in [5.74, 6) is 2.72. The summed E-state index contributed by atoms with van der Waals surface area (Å²) in [6.07, 6.45) is 11.9. The highest BCUT2D eigenvalue weighted by Gasteiger charge is 2.32. The first-order chi connectivity index (χ1) is 11.6. The van der Waals surface area contributed by atoms with Crippen molar-refractivity contribution in [1.29, 1.82) is 0 Å². The lowest BCUT2D eigenvalue weighted by atomic mass is 9.85. The molecule has 2 rings (SSSR count). The standard InChI is InChI=1S/C19H31NO4/c1-3-19(10-6-5-7-11-19)24-15-17(21)14-20-12-8-16(9-13-20)18(22)23-4-2/h1,16-17,21H,4-15H2,2H3. The summed E-state index contributed by atoms with van der Waals surface area (Å²) in [7, 11) is 0. The number of carbonyl (C=O) groups excluding carboxylic acids is 1. The summed E-state index contributed by atoms with van der Waals surface area (Å²) in [4.78, 5) is 13.9. The Balaban J connectivity index is 1.69. The Hall–Kier alpha value is -1.09. The smallest absolute Gasteiger partial charge is 0.309 e. The van der Waals surface area contributed by atoms with E-state index >= 15 is 0 Å². The maximum atomic E-state index is 11.7. The second-order valence-electron chi connectivity index (χ2n) is 6.99. The SMILES string of the molecule is C#CC1(OCC(O)CN2CCC(C(=O)OCC)CC2)CCCCC1. The molecular weight excluding hydrogens is 306 g/mol. The van der Waals surface area contributed by atoms with Crippen LogP contribution in [-0.2, 0) is 14.3 Å². The van der Waals surface area contributed by atoms with Gasteiger partial charge in [0.05, 0.1) is 25.2 Å². The molecule has 2 fully saturated rings. The summed E-state index contributed by atoms with van der Waals surface area (Å²) in [6, 6.07) is 0. The van der Waals surface area contributed by atoms with Gasteiger partial charge in [0, 0.05) is 6.54 Å². The average Bonchev–Trinajstić information content (AvgIpc) is 2.61. The topological polar surface area (TPSA) is 59.0 Å². The van der Waals surface area contributed by atoms with Crippen LogP contribution >= 0.6 is 0 Å². The van der Waals surface area contributed by atoms with E-state index in [1.807, 2.05) is 6.92 Å². The summed E-state index contributed by atoms with van der Waals surface area (Å²) < 4.78 is 11.0. The molecule has 1 aliphatic carbocycles. The molecule has 1 heterocycles. The molecule has 0 aromatic heterocycles. The molecule has 136 valence electrons. The predicted octanol–water partition coefficient (Wildman–Crippen LogP) is 1.98. The Bertz CT molecular complexity index is 431. The normalized spacial score (nSPS) is 23.4. The molecule has 5 heteroatoms. The van der Waals surface area contributed by atoms with Crippen molar-refractivity contribution in [3.63, 3.8) is 0 Å². The monoisotopic (exact) mass is 337 g/mol. The predicted molar refractivity (Wildman–Crippen MR) is 92.4 cm³/mol. The number of carbonyl (C=O) groups is 1. The van der Waals surface area contributed by atoms with Crippen LogP contribution in [0.1, 0.15) is 51.9 Å². The van der Waals surface area contributed by atoms with Crippen LogP contribution in [-0.4, -0.2) is 60.5 Å². The highest BCUT2D eigenvalue weighted by atomic mass is 16.5. The van der Waals surface area contributed by atoms with Crippen molar-refractivity contribution in [2.45, 2.75) is 63.6 Å². The number of esters is 1. The maximum Gasteiger partial charge on any atom is 0.309 e. The molecule has 24 heavy (non-hydrogen) atoms.